The minimum Gasteiger partial charge on any atom is -0.380 e. The number of methoxy groups -OCH3 is 1. The number of isocyanates is 1. The van der Waals surface area contributed by atoms with Crippen molar-refractivity contribution in [2.45, 2.75) is 31.4 Å². The fourth-order valence-corrected chi connectivity index (χ4v) is 2.27. The summed E-state index contributed by atoms with van der Waals surface area (Å²) in [6.07, 6.45) is 3.37. The van der Waals surface area contributed by atoms with Gasteiger partial charge in [-0.1, -0.05) is 0 Å². The molecule has 0 spiro atoms. The third-order valence-corrected chi connectivity index (χ3v) is 3.34. The molecule has 0 bridgehead atoms. The lowest BCUT2D eigenvalue weighted by Gasteiger charge is -2.37. The van der Waals surface area contributed by atoms with Crippen molar-refractivity contribution in [3.63, 3.8) is 0 Å². The van der Waals surface area contributed by atoms with Gasteiger partial charge >= 0.3 is 0 Å². The van der Waals surface area contributed by atoms with Crippen LogP contribution in [0.25, 0.3) is 0 Å². The predicted octanol–water partition coefficient (Wildman–Crippen LogP) is 2.83. The quantitative estimate of drug-likeness (QED) is 0.611. The van der Waals surface area contributed by atoms with Gasteiger partial charge in [-0.15, -0.1) is 0 Å². The molecule has 2 rings (SSSR count). The van der Waals surface area contributed by atoms with Gasteiger partial charge in [-0.2, -0.15) is 4.99 Å². The molecule has 3 nitrogen and oxygen atoms in total. The second-order valence-electron chi connectivity index (χ2n) is 4.46. The molecule has 1 aromatic carbocycles. The summed E-state index contributed by atoms with van der Waals surface area (Å²) in [7, 11) is 1.48. The molecule has 0 saturated heterocycles. The number of aliphatic imine (C=N–C) groups is 1. The number of halogens is 2. The first-order chi connectivity index (χ1) is 8.63. The van der Waals surface area contributed by atoms with Crippen molar-refractivity contribution >= 4 is 6.08 Å². The highest BCUT2D eigenvalue weighted by Gasteiger charge is 2.41. The minimum absolute atomic E-state index is 0.129. The lowest BCUT2D eigenvalue weighted by Crippen LogP contribution is -2.33. The molecule has 0 N–H and O–H groups in total. The number of rotatable bonds is 4. The fourth-order valence-electron chi connectivity index (χ4n) is 2.27. The van der Waals surface area contributed by atoms with Crippen LogP contribution in [0, 0.1) is 11.6 Å². The molecular formula is C13H13F2NO2. The average Bonchev–Trinajstić information content (AvgIpc) is 2.29. The highest BCUT2D eigenvalue weighted by molar-refractivity contribution is 5.41. The van der Waals surface area contributed by atoms with Gasteiger partial charge < -0.3 is 4.74 Å². The van der Waals surface area contributed by atoms with E-state index >= 15 is 0 Å². The third kappa shape index (κ3) is 2.07. The van der Waals surface area contributed by atoms with Crippen molar-refractivity contribution in [1.82, 2.24) is 0 Å². The largest absolute Gasteiger partial charge is 0.380 e. The van der Waals surface area contributed by atoms with Crippen LogP contribution in [0.2, 0.25) is 0 Å². The summed E-state index contributed by atoms with van der Waals surface area (Å²) in [6, 6.07) is 2.61. The molecule has 0 unspecified atom stereocenters. The van der Waals surface area contributed by atoms with Gasteiger partial charge in [0, 0.05) is 12.7 Å². The summed E-state index contributed by atoms with van der Waals surface area (Å²) in [6.45, 7) is 0.186. The van der Waals surface area contributed by atoms with E-state index < -0.39 is 17.2 Å². The molecule has 1 aliphatic carbocycles. The zero-order valence-electron chi connectivity index (χ0n) is 10.0. The van der Waals surface area contributed by atoms with Gasteiger partial charge in [0.05, 0.1) is 6.61 Å². The summed E-state index contributed by atoms with van der Waals surface area (Å²) in [5.41, 5.74) is -0.279. The summed E-state index contributed by atoms with van der Waals surface area (Å²) in [5.74, 6) is -1.87. The van der Waals surface area contributed by atoms with Crippen LogP contribution in [0.4, 0.5) is 8.78 Å². The van der Waals surface area contributed by atoms with Crippen molar-refractivity contribution < 1.29 is 18.3 Å². The van der Waals surface area contributed by atoms with Crippen molar-refractivity contribution in [3.8, 4) is 0 Å². The Morgan fingerprint density at radius 1 is 1.44 bits per heavy atom. The summed E-state index contributed by atoms with van der Waals surface area (Å²) in [4.78, 5) is 14.1. The summed E-state index contributed by atoms with van der Waals surface area (Å²) >= 11 is 0. The molecule has 1 aromatic rings. The van der Waals surface area contributed by atoms with Crippen molar-refractivity contribution in [2.75, 3.05) is 7.11 Å². The molecule has 1 saturated carbocycles. The Morgan fingerprint density at radius 3 is 2.67 bits per heavy atom. The van der Waals surface area contributed by atoms with Crippen LogP contribution >= 0.6 is 0 Å². The minimum atomic E-state index is -0.938. The van der Waals surface area contributed by atoms with Gasteiger partial charge in [0.2, 0.25) is 6.08 Å². The maximum atomic E-state index is 13.9. The van der Waals surface area contributed by atoms with E-state index in [1.807, 2.05) is 0 Å². The van der Waals surface area contributed by atoms with Gasteiger partial charge in [0.15, 0.2) is 11.6 Å². The molecule has 1 aliphatic rings. The molecule has 0 aromatic heterocycles. The molecule has 0 heterocycles. The number of hydrogen-bond donors (Lipinski definition) is 0. The first-order valence-corrected chi connectivity index (χ1v) is 5.69. The van der Waals surface area contributed by atoms with E-state index in [0.29, 0.717) is 18.4 Å². The Balaban J connectivity index is 2.51. The molecule has 18 heavy (non-hydrogen) atoms. The van der Waals surface area contributed by atoms with Gasteiger partial charge in [0.1, 0.15) is 5.54 Å². The van der Waals surface area contributed by atoms with Crippen LogP contribution in [0.5, 0.6) is 0 Å². The fraction of sp³-hybridized carbons (Fsp3) is 0.462. The number of ether oxygens (including phenoxy) is 1. The molecule has 0 amide bonds. The number of benzene rings is 1. The maximum absolute atomic E-state index is 13.9. The van der Waals surface area contributed by atoms with E-state index in [9.17, 15) is 13.6 Å². The Labute approximate surface area is 103 Å². The number of nitrogens with zero attached hydrogens (tertiary/aromatic N) is 1. The van der Waals surface area contributed by atoms with Crippen molar-refractivity contribution in [3.05, 3.63) is 34.9 Å². The van der Waals surface area contributed by atoms with E-state index in [4.69, 9.17) is 4.74 Å². The average molecular weight is 253 g/mol. The Kier molecular flexibility index (Phi) is 3.55. The summed E-state index contributed by atoms with van der Waals surface area (Å²) < 4.78 is 32.3. The van der Waals surface area contributed by atoms with Gasteiger partial charge in [0.25, 0.3) is 0 Å². The lowest BCUT2D eigenvalue weighted by atomic mass is 9.72. The molecule has 0 aliphatic heterocycles. The lowest BCUT2D eigenvalue weighted by molar-refractivity contribution is 0.183. The number of carbonyl (C=O) groups excluding carboxylic acids is 1. The highest BCUT2D eigenvalue weighted by Crippen LogP contribution is 2.46. The van der Waals surface area contributed by atoms with E-state index in [2.05, 4.69) is 4.99 Å². The Hall–Kier alpha value is -1.58. The predicted molar refractivity (Wildman–Crippen MR) is 60.7 cm³/mol. The summed E-state index contributed by atoms with van der Waals surface area (Å²) in [5, 5.41) is 0. The van der Waals surface area contributed by atoms with Crippen LogP contribution in [0.1, 0.15) is 30.4 Å². The highest BCUT2D eigenvalue weighted by atomic mass is 19.2. The molecule has 1 fully saturated rings. The standard InChI is InChI=1S/C13H13F2NO2/c1-18-7-9-5-10(12(15)11(14)6-9)13(16-8-17)3-2-4-13/h5-6H,2-4,7H2,1H3. The molecule has 96 valence electrons. The van der Waals surface area contributed by atoms with Crippen LogP contribution < -0.4 is 0 Å². The Morgan fingerprint density at radius 2 is 2.17 bits per heavy atom. The second-order valence-corrected chi connectivity index (χ2v) is 4.46. The number of hydrogen-bond acceptors (Lipinski definition) is 3. The smallest absolute Gasteiger partial charge is 0.235 e. The second kappa shape index (κ2) is 4.96. The van der Waals surface area contributed by atoms with E-state index in [1.54, 1.807) is 0 Å². The van der Waals surface area contributed by atoms with Crippen LogP contribution in [0.3, 0.4) is 0 Å². The van der Waals surface area contributed by atoms with Crippen LogP contribution in [-0.4, -0.2) is 13.2 Å². The van der Waals surface area contributed by atoms with Crippen molar-refractivity contribution in [2.24, 2.45) is 4.99 Å². The molecular weight excluding hydrogens is 240 g/mol. The van der Waals surface area contributed by atoms with E-state index in [0.717, 1.165) is 12.5 Å². The first kappa shape index (κ1) is 12.9. The van der Waals surface area contributed by atoms with E-state index in [1.165, 1.54) is 19.3 Å². The maximum Gasteiger partial charge on any atom is 0.235 e. The first-order valence-electron chi connectivity index (χ1n) is 5.69. The van der Waals surface area contributed by atoms with E-state index in [-0.39, 0.29) is 12.2 Å². The van der Waals surface area contributed by atoms with Crippen LogP contribution in [-0.2, 0) is 21.7 Å². The zero-order chi connectivity index (χ0) is 13.2. The molecule has 0 radical (unpaired) electrons. The topological polar surface area (TPSA) is 38.7 Å². The third-order valence-electron chi connectivity index (χ3n) is 3.34. The van der Waals surface area contributed by atoms with Gasteiger partial charge in [-0.05, 0) is 37.0 Å². The van der Waals surface area contributed by atoms with Gasteiger partial charge in [-0.25, -0.2) is 13.6 Å². The molecule has 0 atom stereocenters. The SMILES string of the molecule is COCc1cc(F)c(F)c(C2(N=C=O)CCC2)c1. The van der Waals surface area contributed by atoms with Crippen LogP contribution in [0.15, 0.2) is 17.1 Å². The van der Waals surface area contributed by atoms with Gasteiger partial charge in [-0.3, -0.25) is 0 Å². The normalized spacial score (nSPS) is 16.8. The van der Waals surface area contributed by atoms with Crippen molar-refractivity contribution in [1.29, 1.82) is 0 Å². The molecule has 5 heteroatoms. The zero-order valence-corrected chi connectivity index (χ0v) is 10.0. The monoisotopic (exact) mass is 253 g/mol. The Bertz CT molecular complexity index is 506.